The van der Waals surface area contributed by atoms with Crippen LogP contribution >= 0.6 is 11.6 Å². The molecule has 0 bridgehead atoms. The Labute approximate surface area is 172 Å². The third-order valence-corrected chi connectivity index (χ3v) is 10.8. The molecule has 4 nitrogen and oxygen atoms in total. The Kier molecular flexibility index (Phi) is 6.20. The van der Waals surface area contributed by atoms with Gasteiger partial charge in [-0.2, -0.15) is 0 Å². The molecular formula is C22H27ClNO3Si+. The number of halogens is 1. The maximum atomic E-state index is 13.7. The molecule has 0 unspecified atom stereocenters. The standard InChI is InChI=1S/C22H27ClNO3Si/c1-4-28(5-2,6-3)27-24(22(26)18-10-8-7-9-11-18)20(16-21(24)25)17-12-14-19(23)15-13-17/h7-15,20H,4-6,16H2,1-3H3/q+1/t20-,24+/m0/s1. The summed E-state index contributed by atoms with van der Waals surface area (Å²) < 4.78 is 6.13. The number of rotatable bonds is 7. The van der Waals surface area contributed by atoms with Gasteiger partial charge in [-0.05, 0) is 42.4 Å². The van der Waals surface area contributed by atoms with Gasteiger partial charge in [0.2, 0.25) is 0 Å². The lowest BCUT2D eigenvalue weighted by Gasteiger charge is -2.48. The Morgan fingerprint density at radius 3 is 2.11 bits per heavy atom. The van der Waals surface area contributed by atoms with E-state index in [2.05, 4.69) is 20.8 Å². The molecule has 2 atom stereocenters. The van der Waals surface area contributed by atoms with E-state index in [0.29, 0.717) is 17.0 Å². The molecule has 28 heavy (non-hydrogen) atoms. The highest BCUT2D eigenvalue weighted by Crippen LogP contribution is 2.47. The zero-order chi connectivity index (χ0) is 20.4. The number of quaternary nitrogens is 1. The van der Waals surface area contributed by atoms with Crippen LogP contribution in [0, 0.1) is 0 Å². The predicted molar refractivity (Wildman–Crippen MR) is 113 cm³/mol. The SMILES string of the molecule is CC[Si](CC)(CC)O[N@@+]1(C(=O)c2ccccc2)C(=O)C[C@H]1c1ccc(Cl)cc1. The number of hydroxylamine groups is 3. The van der Waals surface area contributed by atoms with E-state index in [9.17, 15) is 9.59 Å². The summed E-state index contributed by atoms with van der Waals surface area (Å²) in [6, 6.07) is 18.6. The zero-order valence-electron chi connectivity index (χ0n) is 16.7. The molecular weight excluding hydrogens is 390 g/mol. The fourth-order valence-electron chi connectivity index (χ4n) is 3.94. The number of likely N-dealkylation sites (tertiary alicyclic amines) is 1. The van der Waals surface area contributed by atoms with E-state index in [-0.39, 0.29) is 17.9 Å². The minimum Gasteiger partial charge on any atom is -0.241 e. The number of benzene rings is 2. The number of hydrogen-bond donors (Lipinski definition) is 0. The van der Waals surface area contributed by atoms with Crippen LogP contribution in [0.2, 0.25) is 23.2 Å². The minimum atomic E-state index is -2.24. The molecule has 148 valence electrons. The molecule has 1 saturated heterocycles. The Bertz CT molecular complexity index is 844. The van der Waals surface area contributed by atoms with Gasteiger partial charge in [-0.15, -0.1) is 0 Å². The summed E-state index contributed by atoms with van der Waals surface area (Å²) in [4.78, 5) is 26.7. The van der Waals surface area contributed by atoms with Crippen molar-refractivity contribution in [2.24, 2.45) is 0 Å². The van der Waals surface area contributed by atoms with Crippen molar-refractivity contribution in [2.75, 3.05) is 0 Å². The first-order chi connectivity index (χ1) is 13.4. The summed E-state index contributed by atoms with van der Waals surface area (Å²) >= 11 is 6.05. The number of hydrogen-bond acceptors (Lipinski definition) is 3. The molecule has 2 aromatic carbocycles. The lowest BCUT2D eigenvalue weighted by atomic mass is 9.91. The normalized spacial score (nSPS) is 22.0. The van der Waals surface area contributed by atoms with Crippen LogP contribution in [0.25, 0.3) is 0 Å². The average Bonchev–Trinajstić information content (AvgIpc) is 2.74. The number of amides is 2. The van der Waals surface area contributed by atoms with E-state index in [4.69, 9.17) is 16.1 Å². The lowest BCUT2D eigenvalue weighted by Crippen LogP contribution is -2.70. The zero-order valence-corrected chi connectivity index (χ0v) is 18.4. The molecule has 0 aliphatic carbocycles. The van der Waals surface area contributed by atoms with E-state index < -0.39 is 13.0 Å². The highest BCUT2D eigenvalue weighted by atomic mass is 35.5. The van der Waals surface area contributed by atoms with Crippen LogP contribution < -0.4 is 0 Å². The number of β-lactam (4-membered cyclic amide) rings is 1. The molecule has 3 rings (SSSR count). The van der Waals surface area contributed by atoms with Crippen LogP contribution in [-0.4, -0.2) is 24.8 Å². The summed E-state index contributed by atoms with van der Waals surface area (Å²) in [5.74, 6) is -0.440. The fourth-order valence-corrected chi connectivity index (χ4v) is 6.87. The summed E-state index contributed by atoms with van der Waals surface area (Å²) in [6.07, 6.45) is 0.293. The van der Waals surface area contributed by atoms with Gasteiger partial charge < -0.3 is 0 Å². The largest absolute Gasteiger partial charge is 0.385 e. The summed E-state index contributed by atoms with van der Waals surface area (Å²) in [7, 11) is -2.24. The molecule has 2 amide bonds. The van der Waals surface area contributed by atoms with Gasteiger partial charge >= 0.3 is 11.8 Å². The van der Waals surface area contributed by atoms with Gasteiger partial charge in [-0.25, -0.2) is 14.1 Å². The van der Waals surface area contributed by atoms with Crippen molar-refractivity contribution < 1.29 is 18.8 Å². The minimum absolute atomic E-state index is 0.166. The molecule has 1 aliphatic heterocycles. The third-order valence-electron chi connectivity index (χ3n) is 6.03. The van der Waals surface area contributed by atoms with Gasteiger partial charge in [0.15, 0.2) is 6.04 Å². The highest BCUT2D eigenvalue weighted by Gasteiger charge is 2.66. The molecule has 0 saturated carbocycles. The van der Waals surface area contributed by atoms with Gasteiger partial charge in [0.1, 0.15) is 6.42 Å². The van der Waals surface area contributed by atoms with E-state index in [1.807, 2.05) is 30.3 Å². The van der Waals surface area contributed by atoms with E-state index in [0.717, 1.165) is 23.7 Å². The average molecular weight is 417 g/mol. The van der Waals surface area contributed by atoms with E-state index >= 15 is 0 Å². The quantitative estimate of drug-likeness (QED) is 0.244. The maximum absolute atomic E-state index is 13.7. The van der Waals surface area contributed by atoms with Crippen LogP contribution in [0.3, 0.4) is 0 Å². The molecule has 2 aromatic rings. The molecule has 0 aromatic heterocycles. The molecule has 1 fully saturated rings. The number of carbonyl (C=O) groups is 2. The van der Waals surface area contributed by atoms with Crippen molar-refractivity contribution >= 4 is 31.7 Å². The predicted octanol–water partition coefficient (Wildman–Crippen LogP) is 5.91. The fraction of sp³-hybridized carbons (Fsp3) is 0.364. The molecule has 1 heterocycles. The maximum Gasteiger partial charge on any atom is 0.385 e. The van der Waals surface area contributed by atoms with Gasteiger partial charge in [-0.3, -0.25) is 0 Å². The Morgan fingerprint density at radius 1 is 1.04 bits per heavy atom. The van der Waals surface area contributed by atoms with E-state index in [1.54, 1.807) is 24.3 Å². The smallest absolute Gasteiger partial charge is 0.241 e. The first-order valence-electron chi connectivity index (χ1n) is 9.90. The second-order valence-corrected chi connectivity index (χ2v) is 12.4. The van der Waals surface area contributed by atoms with Crippen LogP contribution in [0.15, 0.2) is 54.6 Å². The second-order valence-electron chi connectivity index (χ2n) is 7.33. The number of carbonyl (C=O) groups excluding carboxylic acids is 2. The van der Waals surface area contributed by atoms with Gasteiger partial charge in [0, 0.05) is 10.6 Å². The monoisotopic (exact) mass is 416 g/mol. The third kappa shape index (κ3) is 3.48. The molecule has 0 radical (unpaired) electrons. The molecule has 6 heteroatoms. The molecule has 1 aliphatic rings. The van der Waals surface area contributed by atoms with Gasteiger partial charge in [0.05, 0.1) is 5.56 Å². The first-order valence-corrected chi connectivity index (χ1v) is 12.8. The van der Waals surface area contributed by atoms with Gasteiger partial charge in [-0.1, -0.05) is 67.4 Å². The van der Waals surface area contributed by atoms with Crippen molar-refractivity contribution in [3.8, 4) is 0 Å². The van der Waals surface area contributed by atoms with Crippen molar-refractivity contribution in [1.82, 2.24) is 0 Å². The van der Waals surface area contributed by atoms with Gasteiger partial charge in [0.25, 0.3) is 8.32 Å². The second kappa shape index (κ2) is 8.29. The Hall–Kier alpha value is -1.79. The first kappa shape index (κ1) is 20.9. The Morgan fingerprint density at radius 2 is 1.61 bits per heavy atom. The molecule has 0 spiro atoms. The topological polar surface area (TPSA) is 43.4 Å². The van der Waals surface area contributed by atoms with Crippen molar-refractivity contribution in [3.63, 3.8) is 0 Å². The van der Waals surface area contributed by atoms with Crippen LogP contribution in [-0.2, 0) is 9.32 Å². The van der Waals surface area contributed by atoms with Crippen LogP contribution in [0.4, 0.5) is 0 Å². The van der Waals surface area contributed by atoms with Crippen molar-refractivity contribution in [2.45, 2.75) is 51.4 Å². The van der Waals surface area contributed by atoms with E-state index in [1.165, 1.54) is 0 Å². The highest BCUT2D eigenvalue weighted by molar-refractivity contribution is 6.73. The summed E-state index contributed by atoms with van der Waals surface area (Å²) in [6.45, 7) is 6.30. The van der Waals surface area contributed by atoms with Crippen LogP contribution in [0.5, 0.6) is 0 Å². The van der Waals surface area contributed by atoms with Crippen molar-refractivity contribution in [1.29, 1.82) is 0 Å². The summed E-state index contributed by atoms with van der Waals surface area (Å²) in [5.41, 5.74) is 1.40. The summed E-state index contributed by atoms with van der Waals surface area (Å²) in [5, 5.41) is 0.627. The van der Waals surface area contributed by atoms with Crippen molar-refractivity contribution in [3.05, 3.63) is 70.7 Å². The molecule has 0 N–H and O–H groups in total. The number of imide groups is 1. The number of nitrogens with zero attached hydrogens (tertiary/aromatic N) is 1. The Balaban J connectivity index is 2.11. The lowest BCUT2D eigenvalue weighted by molar-refractivity contribution is -1.00. The van der Waals surface area contributed by atoms with Crippen LogP contribution in [0.1, 0.15) is 49.2 Å².